The van der Waals surface area contributed by atoms with Crippen molar-refractivity contribution < 1.29 is 4.74 Å². The Morgan fingerprint density at radius 2 is 1.75 bits per heavy atom. The fourth-order valence-corrected chi connectivity index (χ4v) is 4.55. The third-order valence-corrected chi connectivity index (χ3v) is 6.37. The zero-order valence-electron chi connectivity index (χ0n) is 19.7. The summed E-state index contributed by atoms with van der Waals surface area (Å²) in [7, 11) is 1.68. The molecule has 4 rings (SSSR count). The van der Waals surface area contributed by atoms with Crippen molar-refractivity contribution in [2.45, 2.75) is 46.2 Å². The van der Waals surface area contributed by atoms with Crippen LogP contribution in [-0.4, -0.2) is 58.4 Å². The van der Waals surface area contributed by atoms with Crippen molar-refractivity contribution >= 4 is 5.69 Å². The Balaban J connectivity index is 1.47. The van der Waals surface area contributed by atoms with E-state index in [4.69, 9.17) is 4.74 Å². The van der Waals surface area contributed by atoms with E-state index in [9.17, 15) is 0 Å². The first-order valence-electron chi connectivity index (χ1n) is 11.5. The predicted octanol–water partition coefficient (Wildman–Crippen LogP) is 4.01. The highest BCUT2D eigenvalue weighted by molar-refractivity contribution is 5.55. The maximum atomic E-state index is 5.27. The molecule has 0 aliphatic carbocycles. The van der Waals surface area contributed by atoms with Gasteiger partial charge in [0.25, 0.3) is 0 Å². The molecule has 2 heterocycles. The number of hydrogen-bond donors (Lipinski definition) is 0. The number of piperazine rings is 1. The number of tetrazole rings is 1. The van der Waals surface area contributed by atoms with Crippen LogP contribution in [0.5, 0.6) is 5.75 Å². The topological polar surface area (TPSA) is 59.3 Å². The molecule has 0 spiro atoms. The van der Waals surface area contributed by atoms with E-state index in [0.717, 1.165) is 56.2 Å². The highest BCUT2D eigenvalue weighted by Crippen LogP contribution is 2.28. The fourth-order valence-electron chi connectivity index (χ4n) is 4.55. The first-order valence-corrected chi connectivity index (χ1v) is 11.5. The number of nitrogens with zero attached hydrogens (tertiary/aromatic N) is 6. The molecule has 1 aliphatic rings. The Bertz CT molecular complexity index is 1010. The number of methoxy groups -OCH3 is 1. The zero-order chi connectivity index (χ0) is 22.5. The van der Waals surface area contributed by atoms with Crippen molar-refractivity contribution in [1.82, 2.24) is 25.1 Å². The Hall–Kier alpha value is -2.93. The molecular weight excluding hydrogens is 400 g/mol. The Kier molecular flexibility index (Phi) is 7.05. The third-order valence-electron chi connectivity index (χ3n) is 6.37. The molecule has 0 saturated carbocycles. The maximum Gasteiger partial charge on any atom is 0.168 e. The van der Waals surface area contributed by atoms with E-state index in [2.05, 4.69) is 76.4 Å². The van der Waals surface area contributed by atoms with Gasteiger partial charge in [0, 0.05) is 31.9 Å². The van der Waals surface area contributed by atoms with Gasteiger partial charge in [-0.1, -0.05) is 37.6 Å². The molecule has 32 heavy (non-hydrogen) atoms. The lowest BCUT2D eigenvalue weighted by Crippen LogP contribution is -2.48. The van der Waals surface area contributed by atoms with Crippen molar-refractivity contribution in [3.63, 3.8) is 0 Å². The molecule has 1 atom stereocenters. The highest BCUT2D eigenvalue weighted by atomic mass is 16.5. The van der Waals surface area contributed by atoms with E-state index in [-0.39, 0.29) is 6.04 Å². The molecule has 7 heteroatoms. The summed E-state index contributed by atoms with van der Waals surface area (Å²) in [5, 5.41) is 12.8. The van der Waals surface area contributed by atoms with Gasteiger partial charge < -0.3 is 9.64 Å². The van der Waals surface area contributed by atoms with Gasteiger partial charge in [-0.3, -0.25) is 4.90 Å². The van der Waals surface area contributed by atoms with E-state index in [1.807, 2.05) is 16.8 Å². The molecule has 0 bridgehead atoms. The van der Waals surface area contributed by atoms with Crippen LogP contribution in [0.1, 0.15) is 48.3 Å². The molecular formula is C25H34N6O. The number of benzene rings is 2. The smallest absolute Gasteiger partial charge is 0.168 e. The minimum atomic E-state index is 0.231. The van der Waals surface area contributed by atoms with Gasteiger partial charge in [0.1, 0.15) is 5.75 Å². The second-order valence-electron chi connectivity index (χ2n) is 8.66. The minimum absolute atomic E-state index is 0.231. The molecule has 1 aliphatic heterocycles. The van der Waals surface area contributed by atoms with Crippen LogP contribution in [0, 0.1) is 13.8 Å². The van der Waals surface area contributed by atoms with Crippen LogP contribution in [0.4, 0.5) is 5.69 Å². The molecule has 0 unspecified atom stereocenters. The third kappa shape index (κ3) is 4.93. The summed E-state index contributed by atoms with van der Waals surface area (Å²) in [6.07, 6.45) is 2.14. The van der Waals surface area contributed by atoms with E-state index < -0.39 is 0 Å². The summed E-state index contributed by atoms with van der Waals surface area (Å²) < 4.78 is 7.23. The SMILES string of the molecule is CCC[C@H](c1nnnn1Cc1ccc(OC)cc1)N1CCN(c2cc(C)ccc2C)CC1. The van der Waals surface area contributed by atoms with E-state index >= 15 is 0 Å². The van der Waals surface area contributed by atoms with Crippen LogP contribution in [0.15, 0.2) is 42.5 Å². The number of hydrogen-bond acceptors (Lipinski definition) is 6. The van der Waals surface area contributed by atoms with Gasteiger partial charge in [-0.2, -0.15) is 0 Å². The standard InChI is InChI=1S/C25H34N6O/c1-5-6-23(25-26-27-28-31(25)18-21-9-11-22(32-4)12-10-21)29-13-15-30(16-14-29)24-17-19(2)7-8-20(24)3/h7-12,17,23H,5-6,13-16,18H2,1-4H3/t23-/m1/s1. The van der Waals surface area contributed by atoms with Gasteiger partial charge >= 0.3 is 0 Å². The number of aryl methyl sites for hydroxylation is 2. The second kappa shape index (κ2) is 10.1. The number of ether oxygens (including phenoxy) is 1. The summed E-state index contributed by atoms with van der Waals surface area (Å²) in [5.41, 5.74) is 5.18. The minimum Gasteiger partial charge on any atom is -0.497 e. The van der Waals surface area contributed by atoms with Crippen LogP contribution in [0.25, 0.3) is 0 Å². The predicted molar refractivity (Wildman–Crippen MR) is 127 cm³/mol. The number of rotatable bonds is 8. The summed E-state index contributed by atoms with van der Waals surface area (Å²) in [4.78, 5) is 5.07. The molecule has 7 nitrogen and oxygen atoms in total. The van der Waals surface area contributed by atoms with Gasteiger partial charge in [0.2, 0.25) is 0 Å². The van der Waals surface area contributed by atoms with Crippen LogP contribution >= 0.6 is 0 Å². The molecule has 3 aromatic rings. The fraction of sp³-hybridized carbons (Fsp3) is 0.480. The second-order valence-corrected chi connectivity index (χ2v) is 8.66. The van der Waals surface area contributed by atoms with Crippen molar-refractivity contribution in [1.29, 1.82) is 0 Å². The number of anilines is 1. The van der Waals surface area contributed by atoms with Crippen molar-refractivity contribution in [2.24, 2.45) is 0 Å². The van der Waals surface area contributed by atoms with Gasteiger partial charge in [-0.05, 0) is 65.6 Å². The van der Waals surface area contributed by atoms with Crippen molar-refractivity contribution in [3.8, 4) is 5.75 Å². The monoisotopic (exact) mass is 434 g/mol. The first kappa shape index (κ1) is 22.3. The lowest BCUT2D eigenvalue weighted by molar-refractivity contribution is 0.164. The average Bonchev–Trinajstić information content (AvgIpc) is 3.27. The van der Waals surface area contributed by atoms with E-state index in [1.54, 1.807) is 7.11 Å². The molecule has 0 N–H and O–H groups in total. The Morgan fingerprint density at radius 3 is 2.44 bits per heavy atom. The lowest BCUT2D eigenvalue weighted by Gasteiger charge is -2.40. The van der Waals surface area contributed by atoms with Crippen LogP contribution in [-0.2, 0) is 6.54 Å². The van der Waals surface area contributed by atoms with E-state index in [0.29, 0.717) is 6.54 Å². The van der Waals surface area contributed by atoms with Crippen LogP contribution < -0.4 is 9.64 Å². The molecule has 1 fully saturated rings. The van der Waals surface area contributed by atoms with Gasteiger partial charge in [0.05, 0.1) is 19.7 Å². The first-order chi connectivity index (χ1) is 15.6. The summed E-state index contributed by atoms with van der Waals surface area (Å²) in [6, 6.07) is 15.1. The molecule has 0 amide bonds. The summed E-state index contributed by atoms with van der Waals surface area (Å²) >= 11 is 0. The van der Waals surface area contributed by atoms with Gasteiger partial charge in [-0.15, -0.1) is 5.10 Å². The Labute approximate surface area is 191 Å². The molecule has 1 saturated heterocycles. The average molecular weight is 435 g/mol. The number of aromatic nitrogens is 4. The van der Waals surface area contributed by atoms with Gasteiger partial charge in [0.15, 0.2) is 5.82 Å². The normalized spacial score (nSPS) is 15.7. The molecule has 2 aromatic carbocycles. The maximum absolute atomic E-state index is 5.27. The molecule has 0 radical (unpaired) electrons. The zero-order valence-corrected chi connectivity index (χ0v) is 19.7. The summed E-state index contributed by atoms with van der Waals surface area (Å²) in [6.45, 7) is 11.3. The van der Waals surface area contributed by atoms with Crippen LogP contribution in [0.2, 0.25) is 0 Å². The van der Waals surface area contributed by atoms with Gasteiger partial charge in [-0.25, -0.2) is 4.68 Å². The lowest BCUT2D eigenvalue weighted by atomic mass is 10.1. The summed E-state index contributed by atoms with van der Waals surface area (Å²) in [5.74, 6) is 1.82. The van der Waals surface area contributed by atoms with Crippen molar-refractivity contribution in [3.05, 3.63) is 65.0 Å². The molecule has 170 valence electrons. The Morgan fingerprint density at radius 1 is 1.00 bits per heavy atom. The highest BCUT2D eigenvalue weighted by Gasteiger charge is 2.29. The van der Waals surface area contributed by atoms with Crippen LogP contribution in [0.3, 0.4) is 0 Å². The largest absolute Gasteiger partial charge is 0.497 e. The molecule has 1 aromatic heterocycles. The van der Waals surface area contributed by atoms with E-state index in [1.165, 1.54) is 16.8 Å². The van der Waals surface area contributed by atoms with Crippen molar-refractivity contribution in [2.75, 3.05) is 38.2 Å². The quantitative estimate of drug-likeness (QED) is 0.534.